The minimum atomic E-state index is -4.61. The van der Waals surface area contributed by atoms with Crippen LogP contribution in [0.15, 0.2) is 28.9 Å². The van der Waals surface area contributed by atoms with Crippen molar-refractivity contribution in [1.82, 2.24) is 19.6 Å². The molecule has 1 amide bonds. The number of aromatic nitrogens is 4. The Bertz CT molecular complexity index is 1110. The van der Waals surface area contributed by atoms with E-state index in [0.717, 1.165) is 4.68 Å². The summed E-state index contributed by atoms with van der Waals surface area (Å²) in [5.41, 5.74) is -0.607. The third kappa shape index (κ3) is 5.39. The fourth-order valence-electron chi connectivity index (χ4n) is 2.73. The molecule has 6 nitrogen and oxygen atoms in total. The van der Waals surface area contributed by atoms with Crippen LogP contribution < -0.4 is 5.32 Å². The minimum Gasteiger partial charge on any atom is -0.308 e. The van der Waals surface area contributed by atoms with Crippen molar-refractivity contribution in [2.75, 3.05) is 5.32 Å². The second kappa shape index (κ2) is 9.17. The van der Waals surface area contributed by atoms with Crippen LogP contribution in [0, 0.1) is 12.7 Å². The van der Waals surface area contributed by atoms with Crippen LogP contribution in [0.5, 0.6) is 0 Å². The highest BCUT2D eigenvalue weighted by molar-refractivity contribution is 9.10. The molecule has 0 unspecified atom stereocenters. The van der Waals surface area contributed by atoms with Crippen molar-refractivity contribution in [3.63, 3.8) is 0 Å². The Labute approximate surface area is 192 Å². The van der Waals surface area contributed by atoms with Crippen LogP contribution in [-0.2, 0) is 24.1 Å². The monoisotopic (exact) mass is 541 g/mol. The molecule has 0 atom stereocenters. The number of aryl methyl sites for hydroxylation is 1. The van der Waals surface area contributed by atoms with Crippen molar-refractivity contribution in [1.29, 1.82) is 0 Å². The number of nitrogens with one attached hydrogen (secondary N) is 1. The molecule has 1 N–H and O–H groups in total. The highest BCUT2D eigenvalue weighted by Crippen LogP contribution is 2.35. The highest BCUT2D eigenvalue weighted by atomic mass is 79.9. The van der Waals surface area contributed by atoms with Crippen LogP contribution in [-0.4, -0.2) is 25.5 Å². The van der Waals surface area contributed by atoms with Gasteiger partial charge in [0.1, 0.15) is 10.8 Å². The summed E-state index contributed by atoms with van der Waals surface area (Å²) in [7, 11) is 0. The van der Waals surface area contributed by atoms with Crippen LogP contribution in [0.4, 0.5) is 23.4 Å². The van der Waals surface area contributed by atoms with Crippen LogP contribution >= 0.6 is 39.1 Å². The van der Waals surface area contributed by atoms with E-state index < -0.39 is 23.6 Å². The van der Waals surface area contributed by atoms with Crippen LogP contribution in [0.1, 0.15) is 23.4 Å². The molecule has 3 aromatic rings. The molecule has 0 saturated carbocycles. The van der Waals surface area contributed by atoms with E-state index in [4.69, 9.17) is 23.2 Å². The molecule has 1 aromatic carbocycles. The molecule has 31 heavy (non-hydrogen) atoms. The molecule has 0 fully saturated rings. The number of carbonyl (C=O) groups is 1. The maximum absolute atomic E-state index is 13.9. The number of anilines is 1. The lowest BCUT2D eigenvalue weighted by Crippen LogP contribution is -2.17. The maximum Gasteiger partial charge on any atom is 0.436 e. The van der Waals surface area contributed by atoms with Crippen molar-refractivity contribution in [2.45, 2.75) is 32.6 Å². The molecule has 2 aromatic heterocycles. The quantitative estimate of drug-likeness (QED) is 0.407. The Morgan fingerprint density at radius 1 is 1.23 bits per heavy atom. The zero-order valence-corrected chi connectivity index (χ0v) is 18.9. The average molecular weight is 543 g/mol. The SMILES string of the molecule is Cc1c(Br)c(C(F)(F)F)nn1CCC(=O)Nc1nn(Cc2c(F)cccc2Cl)cc1Cl. The maximum atomic E-state index is 13.9. The van der Waals surface area contributed by atoms with E-state index in [1.807, 2.05) is 0 Å². The zero-order valence-electron chi connectivity index (χ0n) is 15.8. The number of benzene rings is 1. The van der Waals surface area contributed by atoms with E-state index in [-0.39, 0.29) is 51.1 Å². The summed E-state index contributed by atoms with van der Waals surface area (Å²) in [6.45, 7) is 1.36. The number of rotatable bonds is 6. The normalized spacial score (nSPS) is 11.7. The summed E-state index contributed by atoms with van der Waals surface area (Å²) in [6, 6.07) is 4.27. The van der Waals surface area contributed by atoms with Gasteiger partial charge in [-0.05, 0) is 35.0 Å². The van der Waals surface area contributed by atoms with Gasteiger partial charge in [-0.1, -0.05) is 29.3 Å². The molecule has 13 heteroatoms. The number of nitrogens with zero attached hydrogens (tertiary/aromatic N) is 4. The second-order valence-corrected chi connectivity index (χ2v) is 8.10. The molecule has 166 valence electrons. The molecule has 0 bridgehead atoms. The molecule has 0 aliphatic heterocycles. The van der Waals surface area contributed by atoms with Gasteiger partial charge in [-0.3, -0.25) is 14.2 Å². The summed E-state index contributed by atoms with van der Waals surface area (Å²) in [4.78, 5) is 12.2. The summed E-state index contributed by atoms with van der Waals surface area (Å²) < 4.78 is 55.0. The highest BCUT2D eigenvalue weighted by Gasteiger charge is 2.37. The first-order valence-electron chi connectivity index (χ1n) is 8.73. The number of hydrogen-bond acceptors (Lipinski definition) is 3. The van der Waals surface area contributed by atoms with Gasteiger partial charge in [0.25, 0.3) is 0 Å². The minimum absolute atomic E-state index is 0.0121. The Balaban J connectivity index is 1.66. The standard InChI is InChI=1S/C18H14BrCl2F4N5O/c1-9-15(19)16(18(23,24)25)27-30(9)6-5-14(31)26-17-12(21)8-29(28-17)7-10-11(20)3-2-4-13(10)22/h2-4,8H,5-7H2,1H3,(H,26,28,31). The first-order chi connectivity index (χ1) is 14.5. The van der Waals surface area contributed by atoms with Gasteiger partial charge in [-0.25, -0.2) is 4.39 Å². The molecule has 0 aliphatic rings. The summed E-state index contributed by atoms with van der Waals surface area (Å²) in [6.07, 6.45) is -3.39. The number of halogens is 7. The molecular formula is C18H14BrCl2F4N5O. The van der Waals surface area contributed by atoms with Gasteiger partial charge < -0.3 is 5.32 Å². The van der Waals surface area contributed by atoms with E-state index in [9.17, 15) is 22.4 Å². The molecular weight excluding hydrogens is 529 g/mol. The topological polar surface area (TPSA) is 64.7 Å². The summed E-state index contributed by atoms with van der Waals surface area (Å²) >= 11 is 15.0. The summed E-state index contributed by atoms with van der Waals surface area (Å²) in [5, 5.41) is 10.4. The van der Waals surface area contributed by atoms with Crippen molar-refractivity contribution >= 4 is 50.9 Å². The van der Waals surface area contributed by atoms with Gasteiger partial charge in [0.2, 0.25) is 5.91 Å². The lowest BCUT2D eigenvalue weighted by Gasteiger charge is -2.06. The van der Waals surface area contributed by atoms with E-state index in [0.29, 0.717) is 0 Å². The van der Waals surface area contributed by atoms with E-state index >= 15 is 0 Å². The van der Waals surface area contributed by atoms with Gasteiger partial charge in [-0.2, -0.15) is 23.4 Å². The van der Waals surface area contributed by atoms with Gasteiger partial charge in [0, 0.05) is 23.2 Å². The Hall–Kier alpha value is -2.11. The van der Waals surface area contributed by atoms with Crippen molar-refractivity contribution in [3.8, 4) is 0 Å². The molecule has 0 spiro atoms. The second-order valence-electron chi connectivity index (χ2n) is 6.49. The first kappa shape index (κ1) is 23.6. The number of hydrogen-bond donors (Lipinski definition) is 1. The van der Waals surface area contributed by atoms with Gasteiger partial charge in [-0.15, -0.1) is 0 Å². The third-order valence-corrected chi connectivity index (χ3v) is 5.89. The van der Waals surface area contributed by atoms with Crippen molar-refractivity contribution in [3.05, 3.63) is 61.7 Å². The lowest BCUT2D eigenvalue weighted by atomic mass is 10.2. The van der Waals surface area contributed by atoms with E-state index in [2.05, 4.69) is 31.4 Å². The molecule has 0 saturated heterocycles. The van der Waals surface area contributed by atoms with Gasteiger partial charge in [0.05, 0.1) is 23.3 Å². The van der Waals surface area contributed by atoms with Gasteiger partial charge >= 0.3 is 6.18 Å². The van der Waals surface area contributed by atoms with Gasteiger partial charge in [0.15, 0.2) is 11.5 Å². The predicted molar refractivity (Wildman–Crippen MR) is 111 cm³/mol. The largest absolute Gasteiger partial charge is 0.436 e. The smallest absolute Gasteiger partial charge is 0.308 e. The fourth-order valence-corrected chi connectivity index (χ4v) is 3.66. The molecule has 0 radical (unpaired) electrons. The molecule has 0 aliphatic carbocycles. The lowest BCUT2D eigenvalue weighted by molar-refractivity contribution is -0.142. The molecule has 2 heterocycles. The fraction of sp³-hybridized carbons (Fsp3) is 0.278. The number of carbonyl (C=O) groups excluding carboxylic acids is 1. The Morgan fingerprint density at radius 2 is 1.94 bits per heavy atom. The van der Waals surface area contributed by atoms with Crippen molar-refractivity contribution in [2.24, 2.45) is 0 Å². The number of amides is 1. The predicted octanol–water partition coefficient (Wildman–Crippen LogP) is 5.69. The molecule has 3 rings (SSSR count). The van der Waals surface area contributed by atoms with E-state index in [1.54, 1.807) is 0 Å². The number of alkyl halides is 3. The van der Waals surface area contributed by atoms with Crippen LogP contribution in [0.3, 0.4) is 0 Å². The third-order valence-electron chi connectivity index (χ3n) is 4.31. The first-order valence-corrected chi connectivity index (χ1v) is 10.3. The van der Waals surface area contributed by atoms with E-state index in [1.165, 1.54) is 36.0 Å². The average Bonchev–Trinajstić information content (AvgIpc) is 3.16. The van der Waals surface area contributed by atoms with Crippen LogP contribution in [0.25, 0.3) is 0 Å². The van der Waals surface area contributed by atoms with Crippen molar-refractivity contribution < 1.29 is 22.4 Å². The zero-order chi connectivity index (χ0) is 22.9. The van der Waals surface area contributed by atoms with Crippen LogP contribution in [0.2, 0.25) is 10.0 Å². The Kier molecular flexibility index (Phi) is 6.97. The summed E-state index contributed by atoms with van der Waals surface area (Å²) in [5.74, 6) is -1.01. The Morgan fingerprint density at radius 3 is 2.55 bits per heavy atom.